The van der Waals surface area contributed by atoms with Gasteiger partial charge in [-0.1, -0.05) is 0 Å². The van der Waals surface area contributed by atoms with E-state index in [1.165, 1.54) is 32.1 Å². The van der Waals surface area contributed by atoms with Crippen LogP contribution >= 0.6 is 0 Å². The first-order valence-corrected chi connectivity index (χ1v) is 6.95. The molecule has 82 valence electrons. The average Bonchev–Trinajstić information content (AvgIpc) is 2.75. The van der Waals surface area contributed by atoms with Gasteiger partial charge >= 0.3 is 0 Å². The van der Waals surface area contributed by atoms with Crippen LogP contribution in [0, 0.1) is 40.9 Å². The predicted octanol–water partition coefficient (Wildman–Crippen LogP) is 3.42. The van der Waals surface area contributed by atoms with Gasteiger partial charge in [0.1, 0.15) is 6.17 Å². The number of hydrogen-bond acceptors (Lipinski definition) is 0. The maximum atomic E-state index is 14.1. The largest absolute Gasteiger partial charge is 0.247 e. The Morgan fingerprint density at radius 3 is 2.60 bits per heavy atom. The van der Waals surface area contributed by atoms with Crippen LogP contribution in [0.4, 0.5) is 4.39 Å². The van der Waals surface area contributed by atoms with Crippen molar-refractivity contribution in [3.8, 4) is 0 Å². The van der Waals surface area contributed by atoms with Crippen LogP contribution in [0.3, 0.4) is 0 Å². The standard InChI is InChI=1S/C14H19F/c15-11-5-7-1-3-14-4-2-9(14)8-6-10(14)12(7)13(8)11/h7-13H,1-6H2. The molecule has 15 heavy (non-hydrogen) atoms. The summed E-state index contributed by atoms with van der Waals surface area (Å²) in [5.74, 6) is 4.95. The molecule has 8 unspecified atom stereocenters. The molecular weight excluding hydrogens is 187 g/mol. The van der Waals surface area contributed by atoms with Crippen LogP contribution in [0.15, 0.2) is 0 Å². The summed E-state index contributed by atoms with van der Waals surface area (Å²) in [4.78, 5) is 0. The van der Waals surface area contributed by atoms with E-state index >= 15 is 0 Å². The summed E-state index contributed by atoms with van der Waals surface area (Å²) in [6, 6.07) is 0. The van der Waals surface area contributed by atoms with Crippen LogP contribution in [0.5, 0.6) is 0 Å². The number of rotatable bonds is 0. The van der Waals surface area contributed by atoms with E-state index in [1.807, 2.05) is 0 Å². The Morgan fingerprint density at radius 2 is 1.80 bits per heavy atom. The summed E-state index contributed by atoms with van der Waals surface area (Å²) in [5.41, 5.74) is 0.770. The summed E-state index contributed by atoms with van der Waals surface area (Å²) in [7, 11) is 0. The highest BCUT2D eigenvalue weighted by atomic mass is 19.1. The molecule has 0 radical (unpaired) electrons. The lowest BCUT2D eigenvalue weighted by atomic mass is 9.45. The molecule has 5 fully saturated rings. The minimum atomic E-state index is -0.410. The van der Waals surface area contributed by atoms with Crippen molar-refractivity contribution in [3.05, 3.63) is 0 Å². The number of hydrogen-bond donors (Lipinski definition) is 0. The average molecular weight is 206 g/mol. The molecule has 2 bridgehead atoms. The minimum Gasteiger partial charge on any atom is -0.247 e. The zero-order valence-corrected chi connectivity index (χ0v) is 9.16. The van der Waals surface area contributed by atoms with Gasteiger partial charge in [0, 0.05) is 0 Å². The van der Waals surface area contributed by atoms with Gasteiger partial charge in [-0.05, 0) is 79.4 Å². The summed E-state index contributed by atoms with van der Waals surface area (Å²) in [5, 5.41) is 0. The van der Waals surface area contributed by atoms with Crippen molar-refractivity contribution in [2.75, 3.05) is 0 Å². The molecule has 0 heterocycles. The van der Waals surface area contributed by atoms with Gasteiger partial charge in [-0.25, -0.2) is 4.39 Å². The fourth-order valence-electron chi connectivity index (χ4n) is 7.01. The fraction of sp³-hybridized carbons (Fsp3) is 1.00. The van der Waals surface area contributed by atoms with E-state index < -0.39 is 6.17 Å². The molecule has 5 rings (SSSR count). The second-order valence-electron chi connectivity index (χ2n) is 7.09. The van der Waals surface area contributed by atoms with Gasteiger partial charge in [-0.15, -0.1) is 0 Å². The van der Waals surface area contributed by atoms with Gasteiger partial charge in [0.2, 0.25) is 0 Å². The molecule has 0 aromatic carbocycles. The lowest BCUT2D eigenvalue weighted by molar-refractivity contribution is -0.117. The van der Waals surface area contributed by atoms with E-state index in [2.05, 4.69) is 0 Å². The maximum absolute atomic E-state index is 14.1. The van der Waals surface area contributed by atoms with Crippen molar-refractivity contribution in [3.63, 3.8) is 0 Å². The van der Waals surface area contributed by atoms with Gasteiger partial charge in [0.05, 0.1) is 0 Å². The van der Waals surface area contributed by atoms with Crippen molar-refractivity contribution >= 4 is 0 Å². The summed E-state index contributed by atoms with van der Waals surface area (Å²) >= 11 is 0. The molecule has 0 aliphatic heterocycles. The lowest BCUT2D eigenvalue weighted by Crippen LogP contribution is -2.53. The van der Waals surface area contributed by atoms with Crippen LogP contribution in [-0.4, -0.2) is 6.17 Å². The van der Waals surface area contributed by atoms with Crippen LogP contribution < -0.4 is 0 Å². The molecule has 0 aromatic heterocycles. The van der Waals surface area contributed by atoms with E-state index in [1.54, 1.807) is 0 Å². The molecule has 1 heteroatoms. The quantitative estimate of drug-likeness (QED) is 0.569. The SMILES string of the molecule is FC1CC2CCC34CCC3C3CC4C2C13. The Bertz CT molecular complexity index is 338. The topological polar surface area (TPSA) is 0 Å². The Balaban J connectivity index is 1.69. The highest BCUT2D eigenvalue weighted by Crippen LogP contribution is 2.79. The number of fused-ring (bicyclic) bond motifs is 3. The lowest BCUT2D eigenvalue weighted by Gasteiger charge is -2.60. The van der Waals surface area contributed by atoms with Crippen LogP contribution in [0.25, 0.3) is 0 Å². The predicted molar refractivity (Wildman–Crippen MR) is 56.0 cm³/mol. The molecule has 0 nitrogen and oxygen atoms in total. The number of halogens is 1. The Morgan fingerprint density at radius 1 is 0.933 bits per heavy atom. The Labute approximate surface area is 90.6 Å². The molecule has 0 amide bonds. The number of alkyl halides is 1. The van der Waals surface area contributed by atoms with Gasteiger partial charge in [-0.2, -0.15) is 0 Å². The third kappa shape index (κ3) is 0.634. The smallest absolute Gasteiger partial charge is 0.104 e. The third-order valence-electron chi connectivity index (χ3n) is 7.31. The van der Waals surface area contributed by atoms with Gasteiger partial charge in [-0.3, -0.25) is 0 Å². The molecular formula is C14H19F. The van der Waals surface area contributed by atoms with Crippen molar-refractivity contribution < 1.29 is 4.39 Å². The van der Waals surface area contributed by atoms with Crippen molar-refractivity contribution in [2.45, 2.75) is 44.7 Å². The highest BCUT2D eigenvalue weighted by molar-refractivity contribution is 5.22. The van der Waals surface area contributed by atoms with E-state index in [9.17, 15) is 4.39 Å². The monoisotopic (exact) mass is 206 g/mol. The minimum absolute atomic E-state index is 0.410. The van der Waals surface area contributed by atoms with Crippen molar-refractivity contribution in [1.82, 2.24) is 0 Å². The highest BCUT2D eigenvalue weighted by Gasteiger charge is 2.74. The second kappa shape index (κ2) is 2.15. The Kier molecular flexibility index (Phi) is 1.16. The van der Waals surface area contributed by atoms with E-state index in [-0.39, 0.29) is 0 Å². The second-order valence-corrected chi connectivity index (χ2v) is 7.09. The van der Waals surface area contributed by atoms with E-state index in [0.29, 0.717) is 5.92 Å². The first-order valence-electron chi connectivity index (χ1n) is 6.95. The van der Waals surface area contributed by atoms with Crippen LogP contribution in [0.1, 0.15) is 38.5 Å². The van der Waals surface area contributed by atoms with Crippen LogP contribution in [0.2, 0.25) is 0 Å². The summed E-state index contributed by atoms with van der Waals surface area (Å²) < 4.78 is 14.1. The van der Waals surface area contributed by atoms with Crippen molar-refractivity contribution in [1.29, 1.82) is 0 Å². The molecule has 0 N–H and O–H groups in total. The first-order chi connectivity index (χ1) is 7.31. The van der Waals surface area contributed by atoms with E-state index in [0.717, 1.165) is 41.4 Å². The normalized spacial score (nSPS) is 73.0. The summed E-state index contributed by atoms with van der Waals surface area (Å²) in [6.45, 7) is 0. The fourth-order valence-corrected chi connectivity index (χ4v) is 7.01. The van der Waals surface area contributed by atoms with Gasteiger partial charge in [0.15, 0.2) is 0 Å². The first kappa shape index (κ1) is 8.08. The zero-order valence-electron chi connectivity index (χ0n) is 9.16. The molecule has 0 aromatic rings. The Hall–Kier alpha value is -0.0700. The third-order valence-corrected chi connectivity index (χ3v) is 7.31. The van der Waals surface area contributed by atoms with Crippen LogP contribution in [-0.2, 0) is 0 Å². The molecule has 0 saturated heterocycles. The van der Waals surface area contributed by atoms with Gasteiger partial charge < -0.3 is 0 Å². The molecule has 8 atom stereocenters. The maximum Gasteiger partial charge on any atom is 0.104 e. The summed E-state index contributed by atoms with van der Waals surface area (Å²) in [6.07, 6.45) is 7.75. The molecule has 1 spiro atoms. The molecule has 5 aliphatic carbocycles. The van der Waals surface area contributed by atoms with E-state index in [4.69, 9.17) is 0 Å². The molecule has 5 aliphatic rings. The van der Waals surface area contributed by atoms with Gasteiger partial charge in [0.25, 0.3) is 0 Å². The zero-order chi connectivity index (χ0) is 9.78. The van der Waals surface area contributed by atoms with Crippen molar-refractivity contribution in [2.24, 2.45) is 40.9 Å². The molecule has 5 saturated carbocycles.